The normalized spacial score (nSPS) is 13.8. The molecule has 2 heterocycles. The Morgan fingerprint density at radius 2 is 1.96 bits per heavy atom. The molecule has 0 atom stereocenters. The van der Waals surface area contributed by atoms with E-state index in [0.29, 0.717) is 26.4 Å². The van der Waals surface area contributed by atoms with E-state index in [-0.39, 0.29) is 36.3 Å². The summed E-state index contributed by atoms with van der Waals surface area (Å²) in [7, 11) is 0. The summed E-state index contributed by atoms with van der Waals surface area (Å²) >= 11 is 18.4. The third-order valence-corrected chi connectivity index (χ3v) is 5.15. The molecule has 2 aromatic rings. The number of hydrogen-bond donors (Lipinski definition) is 2. The molecule has 0 saturated carbocycles. The molecule has 0 bridgehead atoms. The second kappa shape index (κ2) is 8.30. The van der Waals surface area contributed by atoms with Crippen molar-refractivity contribution in [2.45, 2.75) is 12.8 Å². The highest BCUT2D eigenvalue weighted by Gasteiger charge is 2.30. The van der Waals surface area contributed by atoms with E-state index >= 15 is 0 Å². The molecule has 0 aliphatic carbocycles. The number of imide groups is 1. The summed E-state index contributed by atoms with van der Waals surface area (Å²) in [6.45, 7) is -0.358. The fourth-order valence-corrected chi connectivity index (χ4v) is 3.88. The first kappa shape index (κ1) is 19.7. The van der Waals surface area contributed by atoms with Gasteiger partial charge in [-0.25, -0.2) is 4.98 Å². The monoisotopic (exact) mass is 442 g/mol. The Labute approximate surface area is 173 Å². The van der Waals surface area contributed by atoms with Crippen LogP contribution in [0.3, 0.4) is 0 Å². The lowest BCUT2D eigenvalue weighted by Crippen LogP contribution is -2.43. The van der Waals surface area contributed by atoms with Crippen LogP contribution in [-0.2, 0) is 14.4 Å². The van der Waals surface area contributed by atoms with Gasteiger partial charge in [-0.3, -0.25) is 19.3 Å². The highest BCUT2D eigenvalue weighted by Crippen LogP contribution is 2.32. The number of carbonyl (C=O) groups excluding carboxylic acids is 3. The van der Waals surface area contributed by atoms with Gasteiger partial charge < -0.3 is 10.6 Å². The zero-order valence-corrected chi connectivity index (χ0v) is 16.8. The Morgan fingerprint density at radius 3 is 2.63 bits per heavy atom. The number of thiocarbonyl (C=S) groups is 1. The predicted octanol–water partition coefficient (Wildman–Crippen LogP) is 3.08. The van der Waals surface area contributed by atoms with Gasteiger partial charge in [0.25, 0.3) is 0 Å². The van der Waals surface area contributed by atoms with Gasteiger partial charge in [0.2, 0.25) is 17.7 Å². The van der Waals surface area contributed by atoms with Gasteiger partial charge in [-0.2, -0.15) is 0 Å². The average Bonchev–Trinajstić information content (AvgIpc) is 3.16. The van der Waals surface area contributed by atoms with E-state index in [1.807, 2.05) is 0 Å². The van der Waals surface area contributed by atoms with Crippen LogP contribution < -0.4 is 10.6 Å². The van der Waals surface area contributed by atoms with Crippen LogP contribution in [-0.4, -0.2) is 39.3 Å². The number of benzene rings is 1. The van der Waals surface area contributed by atoms with E-state index in [0.717, 1.165) is 4.90 Å². The van der Waals surface area contributed by atoms with E-state index in [1.165, 1.54) is 11.3 Å². The van der Waals surface area contributed by atoms with Crippen molar-refractivity contribution in [1.29, 1.82) is 0 Å². The number of aromatic nitrogens is 1. The van der Waals surface area contributed by atoms with E-state index in [2.05, 4.69) is 15.6 Å². The van der Waals surface area contributed by atoms with Gasteiger partial charge in [0.15, 0.2) is 10.2 Å². The van der Waals surface area contributed by atoms with Crippen molar-refractivity contribution in [2.24, 2.45) is 0 Å². The van der Waals surface area contributed by atoms with Crippen molar-refractivity contribution >= 4 is 74.7 Å². The van der Waals surface area contributed by atoms with E-state index in [9.17, 15) is 14.4 Å². The van der Waals surface area contributed by atoms with Crippen LogP contribution >= 0.6 is 46.8 Å². The SMILES string of the molecule is O=C(CN1C(=O)CCC1=O)NC(=S)Nc1nc(-c2ccc(Cl)cc2Cl)cs1. The van der Waals surface area contributed by atoms with Crippen molar-refractivity contribution in [3.63, 3.8) is 0 Å². The number of anilines is 1. The van der Waals surface area contributed by atoms with Crippen LogP contribution in [0.4, 0.5) is 5.13 Å². The molecule has 1 aliphatic rings. The van der Waals surface area contributed by atoms with Gasteiger partial charge in [0.1, 0.15) is 6.54 Å². The molecule has 3 amide bonds. The predicted molar refractivity (Wildman–Crippen MR) is 108 cm³/mol. The number of amides is 3. The minimum absolute atomic E-state index is 0.0159. The highest BCUT2D eigenvalue weighted by molar-refractivity contribution is 7.80. The third kappa shape index (κ3) is 4.81. The van der Waals surface area contributed by atoms with Gasteiger partial charge in [0, 0.05) is 28.8 Å². The number of thiazole rings is 1. The van der Waals surface area contributed by atoms with Crippen molar-refractivity contribution in [1.82, 2.24) is 15.2 Å². The molecule has 2 N–H and O–H groups in total. The van der Waals surface area contributed by atoms with E-state index in [4.69, 9.17) is 35.4 Å². The summed E-state index contributed by atoms with van der Waals surface area (Å²) in [5, 5.41) is 8.46. The average molecular weight is 443 g/mol. The number of rotatable bonds is 4. The fourth-order valence-electron chi connectivity index (χ4n) is 2.39. The van der Waals surface area contributed by atoms with Gasteiger partial charge in [0.05, 0.1) is 10.7 Å². The van der Waals surface area contributed by atoms with Crippen LogP contribution in [0.1, 0.15) is 12.8 Å². The molecule has 3 rings (SSSR count). The maximum Gasteiger partial charge on any atom is 0.246 e. The topological polar surface area (TPSA) is 91.4 Å². The van der Waals surface area contributed by atoms with Gasteiger partial charge >= 0.3 is 0 Å². The van der Waals surface area contributed by atoms with Gasteiger partial charge in [-0.05, 0) is 30.4 Å². The van der Waals surface area contributed by atoms with Crippen LogP contribution in [0.5, 0.6) is 0 Å². The molecule has 1 saturated heterocycles. The van der Waals surface area contributed by atoms with Crippen LogP contribution in [0.2, 0.25) is 10.0 Å². The Kier molecular flexibility index (Phi) is 6.05. The van der Waals surface area contributed by atoms with E-state index in [1.54, 1.807) is 23.6 Å². The Hall–Kier alpha value is -2.07. The van der Waals surface area contributed by atoms with Crippen molar-refractivity contribution in [3.05, 3.63) is 33.6 Å². The van der Waals surface area contributed by atoms with Gasteiger partial charge in [-0.15, -0.1) is 11.3 Å². The molecule has 1 aliphatic heterocycles. The molecule has 140 valence electrons. The zero-order valence-electron chi connectivity index (χ0n) is 13.6. The molecule has 1 aromatic carbocycles. The molecule has 0 radical (unpaired) electrons. The van der Waals surface area contributed by atoms with Crippen molar-refractivity contribution in [3.8, 4) is 11.3 Å². The standard InChI is InChI=1S/C16H12Cl2N4O3S2/c17-8-1-2-9(10(18)5-8)11-7-27-16(19-11)21-15(26)20-12(23)6-22-13(24)3-4-14(22)25/h1-2,5,7H,3-4,6H2,(H2,19,20,21,23,26). The lowest BCUT2D eigenvalue weighted by molar-refractivity contribution is -0.142. The minimum atomic E-state index is -0.561. The smallest absolute Gasteiger partial charge is 0.246 e. The number of nitrogens with zero attached hydrogens (tertiary/aromatic N) is 2. The minimum Gasteiger partial charge on any atom is -0.308 e. The van der Waals surface area contributed by atoms with Crippen molar-refractivity contribution in [2.75, 3.05) is 11.9 Å². The Balaban J connectivity index is 1.58. The lowest BCUT2D eigenvalue weighted by Gasteiger charge is -2.13. The summed E-state index contributed by atoms with van der Waals surface area (Å²) in [6, 6.07) is 5.09. The quantitative estimate of drug-likeness (QED) is 0.558. The number of nitrogens with one attached hydrogen (secondary N) is 2. The maximum atomic E-state index is 12.0. The summed E-state index contributed by atoms with van der Waals surface area (Å²) in [5.74, 6) is -1.29. The molecule has 1 aromatic heterocycles. The molecule has 0 spiro atoms. The van der Waals surface area contributed by atoms with Crippen LogP contribution in [0.15, 0.2) is 23.6 Å². The molecule has 0 unspecified atom stereocenters. The summed E-state index contributed by atoms with van der Waals surface area (Å²) < 4.78 is 0. The second-order valence-corrected chi connectivity index (χ2v) is 7.65. The summed E-state index contributed by atoms with van der Waals surface area (Å²) in [5.41, 5.74) is 1.35. The van der Waals surface area contributed by atoms with Crippen LogP contribution in [0, 0.1) is 0 Å². The van der Waals surface area contributed by atoms with Crippen molar-refractivity contribution < 1.29 is 14.4 Å². The first-order valence-corrected chi connectivity index (χ1v) is 9.73. The van der Waals surface area contributed by atoms with Crippen LogP contribution in [0.25, 0.3) is 11.3 Å². The Bertz CT molecular complexity index is 931. The maximum absolute atomic E-state index is 12.0. The van der Waals surface area contributed by atoms with Gasteiger partial charge in [-0.1, -0.05) is 23.2 Å². The number of hydrogen-bond acceptors (Lipinski definition) is 6. The zero-order chi connectivity index (χ0) is 19.6. The fraction of sp³-hybridized carbons (Fsp3) is 0.188. The second-order valence-electron chi connectivity index (χ2n) is 5.54. The molecule has 1 fully saturated rings. The molecule has 27 heavy (non-hydrogen) atoms. The number of carbonyl (C=O) groups is 3. The molecule has 11 heteroatoms. The first-order valence-electron chi connectivity index (χ1n) is 7.68. The Morgan fingerprint density at radius 1 is 1.26 bits per heavy atom. The first-order chi connectivity index (χ1) is 12.8. The molecular formula is C16H12Cl2N4O3S2. The third-order valence-electron chi connectivity index (χ3n) is 3.64. The summed E-state index contributed by atoms with van der Waals surface area (Å²) in [4.78, 5) is 40.3. The largest absolute Gasteiger partial charge is 0.308 e. The lowest BCUT2D eigenvalue weighted by atomic mass is 10.2. The summed E-state index contributed by atoms with van der Waals surface area (Å²) in [6.07, 6.45) is 0.258. The number of halogens is 2. The van der Waals surface area contributed by atoms with E-state index < -0.39 is 5.91 Å². The number of likely N-dealkylation sites (tertiary alicyclic amines) is 1. The highest BCUT2D eigenvalue weighted by atomic mass is 35.5. The molecular weight excluding hydrogens is 431 g/mol. The molecule has 7 nitrogen and oxygen atoms in total.